The topological polar surface area (TPSA) is 57.6 Å². The van der Waals surface area contributed by atoms with Gasteiger partial charge in [0.2, 0.25) is 0 Å². The summed E-state index contributed by atoms with van der Waals surface area (Å²) in [5.74, 6) is -2.30. The summed E-state index contributed by atoms with van der Waals surface area (Å²) in [6.07, 6.45) is 0. The predicted octanol–water partition coefficient (Wildman–Crippen LogP) is 1.93. The Labute approximate surface area is 105 Å². The molecule has 0 radical (unpaired) electrons. The molecule has 0 saturated heterocycles. The summed E-state index contributed by atoms with van der Waals surface area (Å²) in [5.41, 5.74) is 0.923. The van der Waals surface area contributed by atoms with E-state index in [1.807, 2.05) is 0 Å². The molecule has 0 aliphatic carbocycles. The quantitative estimate of drug-likeness (QED) is 0.892. The van der Waals surface area contributed by atoms with Gasteiger partial charge in [0, 0.05) is 19.2 Å². The number of amides is 1. The highest BCUT2D eigenvalue weighted by atomic mass is 19.1. The second-order valence-electron chi connectivity index (χ2n) is 4.38. The minimum Gasteiger partial charge on any atom is -0.481 e. The molecule has 1 atom stereocenters. The predicted molar refractivity (Wildman–Crippen MR) is 64.9 cm³/mol. The van der Waals surface area contributed by atoms with Gasteiger partial charge in [-0.15, -0.1) is 0 Å². The molecule has 0 aromatic heterocycles. The van der Waals surface area contributed by atoms with Crippen molar-refractivity contribution in [1.82, 2.24) is 4.90 Å². The number of hydrogen-bond acceptors (Lipinski definition) is 2. The standard InChI is InChI=1S/C13H16FNO3/c1-8-6-10(14)4-5-11(8)12(16)15(3)7-9(2)13(17)18/h4-6,9H,7H2,1-3H3,(H,17,18). The fraction of sp³-hybridized carbons (Fsp3) is 0.385. The number of halogens is 1. The zero-order valence-electron chi connectivity index (χ0n) is 10.6. The fourth-order valence-electron chi connectivity index (χ4n) is 1.64. The first kappa shape index (κ1) is 14.2. The number of aliphatic carboxylic acids is 1. The first-order valence-corrected chi connectivity index (χ1v) is 5.57. The molecule has 5 heteroatoms. The minimum atomic E-state index is -0.953. The van der Waals surface area contributed by atoms with Crippen LogP contribution < -0.4 is 0 Å². The largest absolute Gasteiger partial charge is 0.481 e. The summed E-state index contributed by atoms with van der Waals surface area (Å²) in [5, 5.41) is 8.79. The number of carbonyl (C=O) groups is 2. The number of carboxylic acid groups (broad SMARTS) is 1. The molecule has 0 aliphatic rings. The number of benzene rings is 1. The lowest BCUT2D eigenvalue weighted by Crippen LogP contribution is -2.34. The van der Waals surface area contributed by atoms with Gasteiger partial charge in [-0.05, 0) is 30.7 Å². The van der Waals surface area contributed by atoms with Crippen molar-refractivity contribution in [1.29, 1.82) is 0 Å². The lowest BCUT2D eigenvalue weighted by molar-refractivity contribution is -0.141. The van der Waals surface area contributed by atoms with E-state index in [1.54, 1.807) is 6.92 Å². The van der Waals surface area contributed by atoms with E-state index in [2.05, 4.69) is 0 Å². The van der Waals surface area contributed by atoms with Crippen molar-refractivity contribution in [2.24, 2.45) is 5.92 Å². The van der Waals surface area contributed by atoms with E-state index in [0.717, 1.165) is 0 Å². The van der Waals surface area contributed by atoms with Gasteiger partial charge >= 0.3 is 5.97 Å². The molecule has 18 heavy (non-hydrogen) atoms. The lowest BCUT2D eigenvalue weighted by atomic mass is 10.1. The summed E-state index contributed by atoms with van der Waals surface area (Å²) in [7, 11) is 1.53. The Morgan fingerprint density at radius 1 is 1.44 bits per heavy atom. The second-order valence-corrected chi connectivity index (χ2v) is 4.38. The van der Waals surface area contributed by atoms with Gasteiger partial charge in [0.1, 0.15) is 5.82 Å². The van der Waals surface area contributed by atoms with Crippen LogP contribution in [-0.2, 0) is 4.79 Å². The summed E-state index contributed by atoms with van der Waals surface area (Å²) >= 11 is 0. The molecular formula is C13H16FNO3. The Morgan fingerprint density at radius 3 is 2.56 bits per heavy atom. The van der Waals surface area contributed by atoms with E-state index in [9.17, 15) is 14.0 Å². The number of rotatable bonds is 4. The van der Waals surface area contributed by atoms with E-state index in [0.29, 0.717) is 11.1 Å². The molecule has 0 spiro atoms. The van der Waals surface area contributed by atoms with Crippen molar-refractivity contribution in [3.8, 4) is 0 Å². The molecule has 4 nitrogen and oxygen atoms in total. The number of aryl methyl sites for hydroxylation is 1. The van der Waals surface area contributed by atoms with Crippen molar-refractivity contribution in [2.75, 3.05) is 13.6 Å². The highest BCUT2D eigenvalue weighted by molar-refractivity contribution is 5.95. The highest BCUT2D eigenvalue weighted by Gasteiger charge is 2.19. The zero-order valence-corrected chi connectivity index (χ0v) is 10.6. The van der Waals surface area contributed by atoms with Gasteiger partial charge < -0.3 is 10.0 Å². The maximum Gasteiger partial charge on any atom is 0.308 e. The first-order valence-electron chi connectivity index (χ1n) is 5.57. The second kappa shape index (κ2) is 5.62. The summed E-state index contributed by atoms with van der Waals surface area (Å²) in [6, 6.07) is 3.91. The van der Waals surface area contributed by atoms with Gasteiger partial charge in [0.05, 0.1) is 5.92 Å². The molecule has 1 N–H and O–H groups in total. The molecule has 0 fully saturated rings. The Balaban J connectivity index is 2.83. The van der Waals surface area contributed by atoms with Gasteiger partial charge in [-0.25, -0.2) is 4.39 Å². The lowest BCUT2D eigenvalue weighted by Gasteiger charge is -2.20. The van der Waals surface area contributed by atoms with Crippen LogP contribution in [0.25, 0.3) is 0 Å². The zero-order chi connectivity index (χ0) is 13.9. The minimum absolute atomic E-state index is 0.116. The van der Waals surface area contributed by atoms with Crippen molar-refractivity contribution in [3.05, 3.63) is 35.1 Å². The monoisotopic (exact) mass is 253 g/mol. The van der Waals surface area contributed by atoms with Gasteiger partial charge in [0.15, 0.2) is 0 Å². The van der Waals surface area contributed by atoms with Crippen LogP contribution in [0.5, 0.6) is 0 Å². The van der Waals surface area contributed by atoms with Gasteiger partial charge in [-0.3, -0.25) is 9.59 Å². The average Bonchev–Trinajstić information content (AvgIpc) is 2.27. The van der Waals surface area contributed by atoms with Crippen LogP contribution in [0.15, 0.2) is 18.2 Å². The van der Waals surface area contributed by atoms with Crippen LogP contribution in [0.2, 0.25) is 0 Å². The van der Waals surface area contributed by atoms with Gasteiger partial charge in [-0.1, -0.05) is 6.92 Å². The van der Waals surface area contributed by atoms with Gasteiger partial charge in [-0.2, -0.15) is 0 Å². The van der Waals surface area contributed by atoms with Crippen LogP contribution in [0.1, 0.15) is 22.8 Å². The Bertz CT molecular complexity index is 473. The maximum absolute atomic E-state index is 12.9. The molecule has 0 saturated carbocycles. The maximum atomic E-state index is 12.9. The highest BCUT2D eigenvalue weighted by Crippen LogP contribution is 2.13. The number of hydrogen-bond donors (Lipinski definition) is 1. The van der Waals surface area contributed by atoms with Crippen LogP contribution in [0.4, 0.5) is 4.39 Å². The number of nitrogens with zero attached hydrogens (tertiary/aromatic N) is 1. The summed E-state index contributed by atoms with van der Waals surface area (Å²) in [4.78, 5) is 24.1. The molecular weight excluding hydrogens is 237 g/mol. The SMILES string of the molecule is Cc1cc(F)ccc1C(=O)N(C)CC(C)C(=O)O. The third-order valence-corrected chi connectivity index (χ3v) is 2.73. The Morgan fingerprint density at radius 2 is 2.06 bits per heavy atom. The van der Waals surface area contributed by atoms with Gasteiger partial charge in [0.25, 0.3) is 5.91 Å². The molecule has 1 rings (SSSR count). The molecule has 1 aromatic rings. The van der Waals surface area contributed by atoms with E-state index in [4.69, 9.17) is 5.11 Å². The third-order valence-electron chi connectivity index (χ3n) is 2.73. The Kier molecular flexibility index (Phi) is 4.42. The fourth-order valence-corrected chi connectivity index (χ4v) is 1.64. The van der Waals surface area contributed by atoms with Crippen LogP contribution in [0, 0.1) is 18.7 Å². The number of carboxylic acids is 1. The molecule has 0 aliphatic heterocycles. The molecule has 0 bridgehead atoms. The van der Waals surface area contributed by atoms with Crippen LogP contribution in [-0.4, -0.2) is 35.5 Å². The van der Waals surface area contributed by atoms with Crippen molar-refractivity contribution >= 4 is 11.9 Å². The normalized spacial score (nSPS) is 12.0. The Hall–Kier alpha value is -1.91. The van der Waals surface area contributed by atoms with E-state index in [1.165, 1.54) is 37.1 Å². The average molecular weight is 253 g/mol. The number of carbonyl (C=O) groups excluding carboxylic acids is 1. The summed E-state index contributed by atoms with van der Waals surface area (Å²) < 4.78 is 12.9. The van der Waals surface area contributed by atoms with Crippen LogP contribution in [0.3, 0.4) is 0 Å². The van der Waals surface area contributed by atoms with E-state index >= 15 is 0 Å². The smallest absolute Gasteiger partial charge is 0.308 e. The molecule has 0 heterocycles. The van der Waals surface area contributed by atoms with Crippen molar-refractivity contribution in [3.63, 3.8) is 0 Å². The summed E-state index contributed by atoms with van der Waals surface area (Å²) in [6.45, 7) is 3.29. The first-order chi connectivity index (χ1) is 8.32. The van der Waals surface area contributed by atoms with Crippen molar-refractivity contribution < 1.29 is 19.1 Å². The van der Waals surface area contributed by atoms with E-state index < -0.39 is 17.7 Å². The molecule has 98 valence electrons. The van der Waals surface area contributed by atoms with Crippen molar-refractivity contribution in [2.45, 2.75) is 13.8 Å². The van der Waals surface area contributed by atoms with Crippen LogP contribution >= 0.6 is 0 Å². The molecule has 1 aromatic carbocycles. The van der Waals surface area contributed by atoms with E-state index in [-0.39, 0.29) is 12.5 Å². The third kappa shape index (κ3) is 3.29. The molecule has 1 unspecified atom stereocenters. The molecule has 1 amide bonds.